The van der Waals surface area contributed by atoms with Gasteiger partial charge in [-0.2, -0.15) is 0 Å². The fraction of sp³-hybridized carbons (Fsp3) is 0.863. The minimum Gasteiger partial charge on any atom is -0.462 e. The molecule has 0 aromatic rings. The molecule has 0 saturated heterocycles. The summed E-state index contributed by atoms with van der Waals surface area (Å²) < 4.78 is 6.15. The molecule has 0 heterocycles. The number of unbranched alkanes of at least 4 members (excludes halogenated alkanes) is 14. The first-order valence-corrected chi connectivity index (χ1v) is 23.9. The van der Waals surface area contributed by atoms with Crippen LogP contribution in [0.2, 0.25) is 0 Å². The molecule has 0 amide bonds. The van der Waals surface area contributed by atoms with E-state index in [9.17, 15) is 4.79 Å². The van der Waals surface area contributed by atoms with Gasteiger partial charge in [-0.3, -0.25) is 4.79 Å². The highest BCUT2D eigenvalue weighted by Gasteiger charge is 2.59. The summed E-state index contributed by atoms with van der Waals surface area (Å²) in [4.78, 5) is 12.9. The van der Waals surface area contributed by atoms with Crippen LogP contribution in [0.1, 0.15) is 228 Å². The van der Waals surface area contributed by atoms with Gasteiger partial charge in [-0.05, 0) is 130 Å². The van der Waals surface area contributed by atoms with Crippen molar-refractivity contribution in [3.8, 4) is 0 Å². The van der Waals surface area contributed by atoms with Crippen LogP contribution < -0.4 is 0 Å². The van der Waals surface area contributed by atoms with Crippen molar-refractivity contribution in [1.82, 2.24) is 0 Å². The molecule has 8 atom stereocenters. The zero-order chi connectivity index (χ0) is 37.9. The van der Waals surface area contributed by atoms with Crippen molar-refractivity contribution in [3.63, 3.8) is 0 Å². The molecule has 4 aliphatic carbocycles. The second-order valence-electron chi connectivity index (χ2n) is 19.7. The Labute approximate surface area is 330 Å². The van der Waals surface area contributed by atoms with Crippen LogP contribution in [0.3, 0.4) is 0 Å². The van der Waals surface area contributed by atoms with E-state index in [4.69, 9.17) is 4.74 Å². The number of fused-ring (bicyclic) bond motifs is 5. The topological polar surface area (TPSA) is 26.3 Å². The number of allylic oxidation sites excluding steroid dienone is 5. The van der Waals surface area contributed by atoms with Gasteiger partial charge in [-0.1, -0.05) is 167 Å². The van der Waals surface area contributed by atoms with Crippen LogP contribution in [0.5, 0.6) is 0 Å². The van der Waals surface area contributed by atoms with Crippen LogP contribution in [0.15, 0.2) is 36.0 Å². The van der Waals surface area contributed by atoms with Crippen molar-refractivity contribution in [2.24, 2.45) is 46.3 Å². The van der Waals surface area contributed by atoms with Gasteiger partial charge in [0.2, 0.25) is 0 Å². The van der Waals surface area contributed by atoms with E-state index >= 15 is 0 Å². The van der Waals surface area contributed by atoms with Crippen molar-refractivity contribution >= 4 is 5.97 Å². The summed E-state index contributed by atoms with van der Waals surface area (Å²) in [5.41, 5.74) is 2.52. The molecule has 0 aromatic carbocycles. The fourth-order valence-corrected chi connectivity index (χ4v) is 12.1. The molecule has 0 aliphatic heterocycles. The molecule has 0 bridgehead atoms. The van der Waals surface area contributed by atoms with E-state index in [0.29, 0.717) is 17.3 Å². The summed E-state index contributed by atoms with van der Waals surface area (Å²) in [6, 6.07) is 0. The van der Waals surface area contributed by atoms with E-state index in [1.54, 1.807) is 5.57 Å². The minimum absolute atomic E-state index is 0.0590. The van der Waals surface area contributed by atoms with Crippen molar-refractivity contribution in [3.05, 3.63) is 36.0 Å². The Bertz CT molecular complexity index is 1110. The first kappa shape index (κ1) is 44.4. The Kier molecular flexibility index (Phi) is 19.8. The Morgan fingerprint density at radius 3 is 2.04 bits per heavy atom. The Morgan fingerprint density at radius 1 is 0.736 bits per heavy atom. The third kappa shape index (κ3) is 13.7. The minimum atomic E-state index is 0.0590. The molecule has 4 rings (SSSR count). The lowest BCUT2D eigenvalue weighted by Crippen LogP contribution is -2.51. The van der Waals surface area contributed by atoms with Crippen molar-refractivity contribution in [2.45, 2.75) is 234 Å². The molecule has 2 heteroatoms. The normalized spacial score (nSPS) is 30.4. The first-order chi connectivity index (χ1) is 25.7. The van der Waals surface area contributed by atoms with Crippen molar-refractivity contribution < 1.29 is 9.53 Å². The molecule has 0 radical (unpaired) electrons. The number of ether oxygens (including phenoxy) is 1. The molecule has 2 nitrogen and oxygen atoms in total. The zero-order valence-electron chi connectivity index (χ0n) is 36.3. The maximum atomic E-state index is 12.9. The maximum Gasteiger partial charge on any atom is 0.306 e. The molecule has 53 heavy (non-hydrogen) atoms. The molecule has 304 valence electrons. The molecule has 3 saturated carbocycles. The third-order valence-corrected chi connectivity index (χ3v) is 15.4. The Morgan fingerprint density at radius 2 is 1.38 bits per heavy atom. The third-order valence-electron chi connectivity index (χ3n) is 15.4. The fourth-order valence-electron chi connectivity index (χ4n) is 12.1. The zero-order valence-corrected chi connectivity index (χ0v) is 36.3. The van der Waals surface area contributed by atoms with Gasteiger partial charge in [-0.25, -0.2) is 0 Å². The van der Waals surface area contributed by atoms with Gasteiger partial charge < -0.3 is 4.74 Å². The average molecular weight is 733 g/mol. The summed E-state index contributed by atoms with van der Waals surface area (Å²) in [6.45, 7) is 14.9. The maximum absolute atomic E-state index is 12.9. The van der Waals surface area contributed by atoms with E-state index in [0.717, 1.165) is 61.2 Å². The van der Waals surface area contributed by atoms with Crippen LogP contribution in [0, 0.1) is 46.3 Å². The molecule has 3 fully saturated rings. The predicted molar refractivity (Wildman–Crippen MR) is 230 cm³/mol. The van der Waals surface area contributed by atoms with Gasteiger partial charge in [0.25, 0.3) is 0 Å². The van der Waals surface area contributed by atoms with E-state index < -0.39 is 0 Å². The summed E-state index contributed by atoms with van der Waals surface area (Å²) in [7, 11) is 0. The van der Waals surface area contributed by atoms with Crippen LogP contribution in [0.25, 0.3) is 0 Å². The Hall–Kier alpha value is -1.31. The van der Waals surface area contributed by atoms with Crippen LogP contribution in [-0.2, 0) is 9.53 Å². The predicted octanol–water partition coefficient (Wildman–Crippen LogP) is 16.1. The number of hydrogen-bond donors (Lipinski definition) is 0. The van der Waals surface area contributed by atoms with E-state index in [1.807, 2.05) is 0 Å². The molecule has 4 aliphatic rings. The largest absolute Gasteiger partial charge is 0.462 e. The van der Waals surface area contributed by atoms with Crippen molar-refractivity contribution in [2.75, 3.05) is 0 Å². The number of esters is 1. The molecular weight excluding hydrogens is 645 g/mol. The monoisotopic (exact) mass is 733 g/mol. The van der Waals surface area contributed by atoms with E-state index in [2.05, 4.69) is 71.9 Å². The molecular formula is C51H88O2. The second-order valence-corrected chi connectivity index (χ2v) is 19.7. The number of carbonyl (C=O) groups is 1. The smallest absolute Gasteiger partial charge is 0.306 e. The Balaban J connectivity index is 1.02. The highest BCUT2D eigenvalue weighted by Crippen LogP contribution is 2.67. The van der Waals surface area contributed by atoms with Gasteiger partial charge in [0.1, 0.15) is 6.10 Å². The SMILES string of the molecule is CCCCCCC/C=C\C/C=C\CCCCCCCCCCCC(=O)OC1CCC2(C)C(=CCC3C2CCC2(C)C(C(C)CCCC(C)C)CCC32)C1. The lowest BCUT2D eigenvalue weighted by molar-refractivity contribution is -0.151. The molecule has 0 aromatic heterocycles. The number of hydrogen-bond acceptors (Lipinski definition) is 2. The van der Waals surface area contributed by atoms with E-state index in [-0.39, 0.29) is 12.1 Å². The summed E-state index contributed by atoms with van der Waals surface area (Å²) in [5, 5.41) is 0. The molecule has 0 N–H and O–H groups in total. The van der Waals surface area contributed by atoms with Gasteiger partial charge in [0, 0.05) is 12.8 Å². The average Bonchev–Trinajstić information content (AvgIpc) is 3.49. The summed E-state index contributed by atoms with van der Waals surface area (Å²) >= 11 is 0. The standard InChI is InChI=1S/C51H88O2/c1-7-8-9-10-11-12-13-14-15-16-17-18-19-20-21-22-23-24-25-26-27-31-49(52)53-44-36-38-50(5)43(40-44)32-33-45-47-35-34-46(42(4)30-28-29-41(2)3)51(47,6)39-37-48(45)50/h13-14,16-17,32,41-42,44-48H,7-12,15,18-31,33-40H2,1-6H3/b14-13-,17-16-. The lowest BCUT2D eigenvalue weighted by atomic mass is 9.47. The van der Waals surface area contributed by atoms with Gasteiger partial charge in [-0.15, -0.1) is 0 Å². The van der Waals surface area contributed by atoms with Crippen LogP contribution >= 0.6 is 0 Å². The summed E-state index contributed by atoms with van der Waals surface area (Å²) in [6.07, 6.45) is 49.4. The van der Waals surface area contributed by atoms with Crippen molar-refractivity contribution in [1.29, 1.82) is 0 Å². The molecule has 8 unspecified atom stereocenters. The first-order valence-electron chi connectivity index (χ1n) is 23.9. The van der Waals surface area contributed by atoms with Gasteiger partial charge in [0.15, 0.2) is 0 Å². The highest BCUT2D eigenvalue weighted by atomic mass is 16.5. The van der Waals surface area contributed by atoms with Gasteiger partial charge in [0.05, 0.1) is 0 Å². The van der Waals surface area contributed by atoms with E-state index in [1.165, 1.54) is 154 Å². The molecule has 0 spiro atoms. The lowest BCUT2D eigenvalue weighted by Gasteiger charge is -2.58. The summed E-state index contributed by atoms with van der Waals surface area (Å²) in [5.74, 6) is 5.31. The second kappa shape index (κ2) is 23.7. The number of rotatable bonds is 26. The van der Waals surface area contributed by atoms with Crippen LogP contribution in [0.4, 0.5) is 0 Å². The quantitative estimate of drug-likeness (QED) is 0.0503. The van der Waals surface area contributed by atoms with Gasteiger partial charge >= 0.3 is 5.97 Å². The number of carbonyl (C=O) groups excluding carboxylic acids is 1. The van der Waals surface area contributed by atoms with Crippen LogP contribution in [-0.4, -0.2) is 12.1 Å². The highest BCUT2D eigenvalue weighted by molar-refractivity contribution is 5.69.